The van der Waals surface area contributed by atoms with Gasteiger partial charge in [-0.3, -0.25) is 0 Å². The van der Waals surface area contributed by atoms with Crippen molar-refractivity contribution in [2.24, 2.45) is 0 Å². The van der Waals surface area contributed by atoms with Gasteiger partial charge in [0.1, 0.15) is 5.75 Å². The smallest absolute Gasteiger partial charge is 0.134 e. The maximum Gasteiger partial charge on any atom is 0.134 e. The predicted molar refractivity (Wildman–Crippen MR) is 69.6 cm³/mol. The third-order valence-corrected chi connectivity index (χ3v) is 3.38. The fraction of sp³-hybridized carbons (Fsp3) is 0.167. The summed E-state index contributed by atoms with van der Waals surface area (Å²) < 4.78 is 5.24. The molecule has 1 aromatic heterocycles. The van der Waals surface area contributed by atoms with Crippen molar-refractivity contribution in [3.8, 4) is 5.75 Å². The number of rotatable bonds is 4. The van der Waals surface area contributed by atoms with Crippen LogP contribution in [0.1, 0.15) is 4.88 Å². The molecule has 1 heterocycles. The molecule has 1 aromatic carbocycles. The molecular weight excluding hydrogens is 242 g/mol. The first-order chi connectivity index (χ1) is 7.79. The first-order valence-electron chi connectivity index (χ1n) is 4.89. The van der Waals surface area contributed by atoms with Crippen LogP contribution in [0.25, 0.3) is 0 Å². The summed E-state index contributed by atoms with van der Waals surface area (Å²) in [5.41, 5.74) is 1.06. The van der Waals surface area contributed by atoms with Crippen molar-refractivity contribution in [3.05, 3.63) is 45.6 Å². The van der Waals surface area contributed by atoms with E-state index in [-0.39, 0.29) is 0 Å². The van der Waals surface area contributed by atoms with Crippen molar-refractivity contribution in [1.29, 1.82) is 0 Å². The molecule has 0 amide bonds. The van der Waals surface area contributed by atoms with E-state index in [1.165, 1.54) is 4.88 Å². The average molecular weight is 254 g/mol. The van der Waals surface area contributed by atoms with Crippen LogP contribution in [-0.2, 0) is 6.54 Å². The Morgan fingerprint density at radius 1 is 1.25 bits per heavy atom. The Morgan fingerprint density at radius 2 is 2.00 bits per heavy atom. The second kappa shape index (κ2) is 5.23. The molecule has 0 spiro atoms. The minimum atomic E-state index is 0.749. The highest BCUT2D eigenvalue weighted by atomic mass is 35.5. The van der Waals surface area contributed by atoms with Crippen LogP contribution in [0, 0.1) is 0 Å². The first kappa shape index (κ1) is 11.3. The van der Waals surface area contributed by atoms with E-state index in [9.17, 15) is 0 Å². The van der Waals surface area contributed by atoms with E-state index in [4.69, 9.17) is 16.3 Å². The van der Waals surface area contributed by atoms with Gasteiger partial charge < -0.3 is 10.1 Å². The minimum absolute atomic E-state index is 0.749. The fourth-order valence-electron chi connectivity index (χ4n) is 1.39. The summed E-state index contributed by atoms with van der Waals surface area (Å²) in [5, 5.41) is 6.10. The van der Waals surface area contributed by atoms with Gasteiger partial charge in [-0.05, 0) is 35.7 Å². The predicted octanol–water partition coefficient (Wildman–Crippen LogP) is 4.02. The van der Waals surface area contributed by atoms with Crippen molar-refractivity contribution in [3.63, 3.8) is 0 Å². The Kier molecular flexibility index (Phi) is 3.70. The minimum Gasteiger partial charge on any atom is -0.496 e. The number of halogens is 1. The van der Waals surface area contributed by atoms with Crippen LogP contribution in [0.15, 0.2) is 35.7 Å². The van der Waals surface area contributed by atoms with Gasteiger partial charge in [0.15, 0.2) is 0 Å². The second-order valence-corrected chi connectivity index (χ2v) is 4.71. The maximum atomic E-state index is 5.81. The zero-order valence-corrected chi connectivity index (χ0v) is 10.4. The van der Waals surface area contributed by atoms with Crippen LogP contribution in [0.2, 0.25) is 5.02 Å². The highest BCUT2D eigenvalue weighted by molar-refractivity contribution is 7.10. The Morgan fingerprint density at radius 3 is 2.69 bits per heavy atom. The van der Waals surface area contributed by atoms with Crippen LogP contribution in [0.4, 0.5) is 5.69 Å². The third kappa shape index (κ3) is 2.68. The van der Waals surface area contributed by atoms with Crippen molar-refractivity contribution in [1.82, 2.24) is 0 Å². The molecule has 0 radical (unpaired) electrons. The molecule has 0 aliphatic heterocycles. The van der Waals surface area contributed by atoms with Gasteiger partial charge in [0.2, 0.25) is 0 Å². The molecule has 0 unspecified atom stereocenters. The summed E-state index contributed by atoms with van der Waals surface area (Å²) in [6.45, 7) is 0.766. The van der Waals surface area contributed by atoms with Gasteiger partial charge >= 0.3 is 0 Å². The van der Waals surface area contributed by atoms with Gasteiger partial charge in [0.05, 0.1) is 18.5 Å². The topological polar surface area (TPSA) is 21.3 Å². The van der Waals surface area contributed by atoms with E-state index < -0.39 is 0 Å². The molecule has 0 bridgehead atoms. The zero-order chi connectivity index (χ0) is 11.4. The van der Waals surface area contributed by atoms with Gasteiger partial charge in [-0.2, -0.15) is 0 Å². The Labute approximate surface area is 104 Å². The highest BCUT2D eigenvalue weighted by Crippen LogP contribution is 2.25. The van der Waals surface area contributed by atoms with E-state index in [1.54, 1.807) is 18.4 Å². The molecule has 2 nitrogen and oxygen atoms in total. The van der Waals surface area contributed by atoms with Crippen molar-refractivity contribution < 1.29 is 4.74 Å². The monoisotopic (exact) mass is 253 g/mol. The van der Waals surface area contributed by atoms with Crippen LogP contribution in [-0.4, -0.2) is 7.11 Å². The first-order valence-corrected chi connectivity index (χ1v) is 6.15. The molecule has 16 heavy (non-hydrogen) atoms. The van der Waals surface area contributed by atoms with Crippen molar-refractivity contribution >= 4 is 28.6 Å². The molecule has 0 saturated heterocycles. The lowest BCUT2D eigenvalue weighted by Gasteiger charge is -2.06. The number of hydrogen-bond acceptors (Lipinski definition) is 3. The summed E-state index contributed by atoms with van der Waals surface area (Å²) >= 11 is 7.50. The molecular formula is C12H12ClNOS. The SMILES string of the molecule is COc1ccsc1CNc1ccc(Cl)cc1. The van der Waals surface area contributed by atoms with Crippen LogP contribution in [0.3, 0.4) is 0 Å². The summed E-state index contributed by atoms with van der Waals surface area (Å²) in [7, 11) is 1.69. The number of thiophene rings is 1. The van der Waals surface area contributed by atoms with E-state index in [1.807, 2.05) is 35.7 Å². The molecule has 0 atom stereocenters. The lowest BCUT2D eigenvalue weighted by atomic mass is 10.3. The van der Waals surface area contributed by atoms with Gasteiger partial charge in [0, 0.05) is 10.7 Å². The normalized spacial score (nSPS) is 10.1. The molecule has 0 fully saturated rings. The fourth-order valence-corrected chi connectivity index (χ4v) is 2.29. The maximum absolute atomic E-state index is 5.81. The summed E-state index contributed by atoms with van der Waals surface area (Å²) in [6, 6.07) is 9.64. The lowest BCUT2D eigenvalue weighted by molar-refractivity contribution is 0.413. The Bertz CT molecular complexity index is 452. The number of anilines is 1. The second-order valence-electron chi connectivity index (χ2n) is 3.27. The number of benzene rings is 1. The quantitative estimate of drug-likeness (QED) is 0.889. The van der Waals surface area contributed by atoms with E-state index in [0.29, 0.717) is 0 Å². The molecule has 1 N–H and O–H groups in total. The van der Waals surface area contributed by atoms with Crippen LogP contribution >= 0.6 is 22.9 Å². The number of hydrogen-bond donors (Lipinski definition) is 1. The molecule has 0 aliphatic rings. The standard InChI is InChI=1S/C12H12ClNOS/c1-15-11-6-7-16-12(11)8-14-10-4-2-9(13)3-5-10/h2-7,14H,8H2,1H3. The molecule has 2 rings (SSSR count). The number of ether oxygens (including phenoxy) is 1. The number of methoxy groups -OCH3 is 1. The molecule has 84 valence electrons. The van der Waals surface area contributed by atoms with E-state index in [0.717, 1.165) is 23.0 Å². The third-order valence-electron chi connectivity index (χ3n) is 2.22. The van der Waals surface area contributed by atoms with Crippen LogP contribution < -0.4 is 10.1 Å². The van der Waals surface area contributed by atoms with Gasteiger partial charge in [-0.25, -0.2) is 0 Å². The van der Waals surface area contributed by atoms with Crippen molar-refractivity contribution in [2.45, 2.75) is 6.54 Å². The Hall–Kier alpha value is -1.19. The largest absolute Gasteiger partial charge is 0.496 e. The Balaban J connectivity index is 1.99. The average Bonchev–Trinajstić information content (AvgIpc) is 2.76. The van der Waals surface area contributed by atoms with Gasteiger partial charge in [0.25, 0.3) is 0 Å². The van der Waals surface area contributed by atoms with E-state index >= 15 is 0 Å². The summed E-state index contributed by atoms with van der Waals surface area (Å²) in [5.74, 6) is 0.937. The molecule has 4 heteroatoms. The molecule has 0 aliphatic carbocycles. The van der Waals surface area contributed by atoms with Gasteiger partial charge in [-0.1, -0.05) is 11.6 Å². The number of nitrogens with one attached hydrogen (secondary N) is 1. The molecule has 2 aromatic rings. The van der Waals surface area contributed by atoms with Gasteiger partial charge in [-0.15, -0.1) is 11.3 Å². The lowest BCUT2D eigenvalue weighted by Crippen LogP contribution is -1.98. The zero-order valence-electron chi connectivity index (χ0n) is 8.87. The van der Waals surface area contributed by atoms with Crippen molar-refractivity contribution in [2.75, 3.05) is 12.4 Å². The summed E-state index contributed by atoms with van der Waals surface area (Å²) in [4.78, 5) is 1.19. The van der Waals surface area contributed by atoms with E-state index in [2.05, 4.69) is 5.32 Å². The van der Waals surface area contributed by atoms with Crippen LogP contribution in [0.5, 0.6) is 5.75 Å². The summed E-state index contributed by atoms with van der Waals surface area (Å²) in [6.07, 6.45) is 0. The molecule has 0 saturated carbocycles. The highest BCUT2D eigenvalue weighted by Gasteiger charge is 2.03.